The molecule has 0 saturated heterocycles. The van der Waals surface area contributed by atoms with Crippen LogP contribution in [0.25, 0.3) is 0 Å². The van der Waals surface area contributed by atoms with Crippen LogP contribution in [0, 0.1) is 5.41 Å². The van der Waals surface area contributed by atoms with Crippen molar-refractivity contribution in [2.24, 2.45) is 5.41 Å². The third-order valence-corrected chi connectivity index (χ3v) is 2.52. The molecule has 0 saturated carbocycles. The van der Waals surface area contributed by atoms with E-state index in [2.05, 4.69) is 10.3 Å². The summed E-state index contributed by atoms with van der Waals surface area (Å²) in [6, 6.07) is 0.130. The highest BCUT2D eigenvalue weighted by molar-refractivity contribution is 5.98. The van der Waals surface area contributed by atoms with Gasteiger partial charge in [-0.1, -0.05) is 26.0 Å². The monoisotopic (exact) mass is 239 g/mol. The zero-order valence-corrected chi connectivity index (χ0v) is 11.2. The standard InChI is InChI=1S/C12H21N3O2/c1-8(2)15-9(6-7-16)10(13-14-15)11(17)12(3,4)5/h8,16H,6-7H2,1-5H3. The summed E-state index contributed by atoms with van der Waals surface area (Å²) in [7, 11) is 0. The van der Waals surface area contributed by atoms with E-state index in [4.69, 9.17) is 5.11 Å². The molecule has 0 amide bonds. The van der Waals surface area contributed by atoms with Gasteiger partial charge in [-0.05, 0) is 13.8 Å². The molecule has 0 bridgehead atoms. The summed E-state index contributed by atoms with van der Waals surface area (Å²) in [6.07, 6.45) is 0.405. The molecule has 1 heterocycles. The van der Waals surface area contributed by atoms with Gasteiger partial charge in [0.25, 0.3) is 0 Å². The number of carbonyl (C=O) groups is 1. The van der Waals surface area contributed by atoms with Crippen LogP contribution in [0.3, 0.4) is 0 Å². The first-order valence-electron chi connectivity index (χ1n) is 5.88. The molecule has 0 aliphatic heterocycles. The van der Waals surface area contributed by atoms with Crippen molar-refractivity contribution in [3.8, 4) is 0 Å². The van der Waals surface area contributed by atoms with Crippen molar-refractivity contribution in [1.82, 2.24) is 15.0 Å². The van der Waals surface area contributed by atoms with Gasteiger partial charge in [-0.25, -0.2) is 4.68 Å². The number of carbonyl (C=O) groups excluding carboxylic acids is 1. The Morgan fingerprint density at radius 1 is 1.41 bits per heavy atom. The lowest BCUT2D eigenvalue weighted by molar-refractivity contribution is 0.0851. The molecule has 1 N–H and O–H groups in total. The van der Waals surface area contributed by atoms with Crippen LogP contribution in [0.4, 0.5) is 0 Å². The summed E-state index contributed by atoms with van der Waals surface area (Å²) >= 11 is 0. The van der Waals surface area contributed by atoms with Gasteiger partial charge in [0.15, 0.2) is 11.5 Å². The molecule has 0 aliphatic rings. The van der Waals surface area contributed by atoms with E-state index < -0.39 is 5.41 Å². The summed E-state index contributed by atoms with van der Waals surface area (Å²) in [5.41, 5.74) is 0.630. The van der Waals surface area contributed by atoms with Crippen LogP contribution in [0.15, 0.2) is 0 Å². The molecule has 0 fully saturated rings. The highest BCUT2D eigenvalue weighted by atomic mass is 16.3. The van der Waals surface area contributed by atoms with E-state index in [9.17, 15) is 4.79 Å². The molecule has 1 rings (SSSR count). The Kier molecular flexibility index (Phi) is 4.03. The summed E-state index contributed by atoms with van der Waals surface area (Å²) in [5, 5.41) is 17.1. The molecule has 5 nitrogen and oxygen atoms in total. The van der Waals surface area contributed by atoms with Gasteiger partial charge in [-0.15, -0.1) is 5.10 Å². The number of nitrogens with zero attached hydrogens (tertiary/aromatic N) is 3. The second-order valence-electron chi connectivity index (χ2n) is 5.48. The average molecular weight is 239 g/mol. The van der Waals surface area contributed by atoms with Crippen LogP contribution in [0.1, 0.15) is 56.8 Å². The molecule has 96 valence electrons. The number of ketones is 1. The van der Waals surface area contributed by atoms with E-state index in [1.165, 1.54) is 0 Å². The molecule has 1 aromatic heterocycles. The van der Waals surface area contributed by atoms with Crippen LogP contribution in [0.2, 0.25) is 0 Å². The topological polar surface area (TPSA) is 68.0 Å². The second-order valence-corrected chi connectivity index (χ2v) is 5.48. The molecule has 5 heteroatoms. The molecule has 17 heavy (non-hydrogen) atoms. The molecule has 1 aromatic rings. The summed E-state index contributed by atoms with van der Waals surface area (Å²) in [6.45, 7) is 9.50. The minimum absolute atomic E-state index is 0.00941. The van der Waals surface area contributed by atoms with Gasteiger partial charge >= 0.3 is 0 Å². The average Bonchev–Trinajstić information content (AvgIpc) is 2.59. The van der Waals surface area contributed by atoms with Crippen molar-refractivity contribution >= 4 is 5.78 Å². The van der Waals surface area contributed by atoms with Crippen molar-refractivity contribution < 1.29 is 9.90 Å². The van der Waals surface area contributed by atoms with Crippen LogP contribution < -0.4 is 0 Å². The maximum Gasteiger partial charge on any atom is 0.190 e. The quantitative estimate of drug-likeness (QED) is 0.811. The molecular formula is C12H21N3O2. The van der Waals surface area contributed by atoms with E-state index in [-0.39, 0.29) is 18.4 Å². The van der Waals surface area contributed by atoms with Crippen molar-refractivity contribution in [1.29, 1.82) is 0 Å². The highest BCUT2D eigenvalue weighted by Gasteiger charge is 2.29. The van der Waals surface area contributed by atoms with E-state index in [1.54, 1.807) is 4.68 Å². The third-order valence-electron chi connectivity index (χ3n) is 2.52. The number of aliphatic hydroxyl groups excluding tert-OH is 1. The van der Waals surface area contributed by atoms with Crippen molar-refractivity contribution in [2.75, 3.05) is 6.61 Å². The lowest BCUT2D eigenvalue weighted by atomic mass is 9.88. The third kappa shape index (κ3) is 2.91. The highest BCUT2D eigenvalue weighted by Crippen LogP contribution is 2.23. The zero-order chi connectivity index (χ0) is 13.2. The number of aliphatic hydroxyl groups is 1. The molecule has 0 aliphatic carbocycles. The van der Waals surface area contributed by atoms with Crippen LogP contribution in [0.5, 0.6) is 0 Å². The van der Waals surface area contributed by atoms with E-state index >= 15 is 0 Å². The Morgan fingerprint density at radius 3 is 2.41 bits per heavy atom. The Labute approximate surface area is 102 Å². The molecule has 0 unspecified atom stereocenters. The molecular weight excluding hydrogens is 218 g/mol. The SMILES string of the molecule is CC(C)n1nnc(C(=O)C(C)(C)C)c1CCO. The predicted octanol–water partition coefficient (Wildman–Crippen LogP) is 1.62. The smallest absolute Gasteiger partial charge is 0.190 e. The molecule has 0 radical (unpaired) electrons. The predicted molar refractivity (Wildman–Crippen MR) is 65.0 cm³/mol. The van der Waals surface area contributed by atoms with Gasteiger partial charge in [0, 0.05) is 24.5 Å². The fourth-order valence-electron chi connectivity index (χ4n) is 1.60. The van der Waals surface area contributed by atoms with E-state index in [1.807, 2.05) is 34.6 Å². The fourth-order valence-corrected chi connectivity index (χ4v) is 1.60. The first kappa shape index (κ1) is 13.8. The summed E-state index contributed by atoms with van der Waals surface area (Å²) in [5.74, 6) is -0.0344. The first-order valence-corrected chi connectivity index (χ1v) is 5.88. The molecule has 0 aromatic carbocycles. The van der Waals surface area contributed by atoms with Gasteiger partial charge in [0.2, 0.25) is 0 Å². The number of rotatable bonds is 4. The first-order chi connectivity index (χ1) is 7.79. The van der Waals surface area contributed by atoms with Crippen LogP contribution in [-0.2, 0) is 6.42 Å². The Morgan fingerprint density at radius 2 is 2.00 bits per heavy atom. The maximum absolute atomic E-state index is 12.2. The Hall–Kier alpha value is -1.23. The zero-order valence-electron chi connectivity index (χ0n) is 11.2. The van der Waals surface area contributed by atoms with Crippen molar-refractivity contribution in [3.05, 3.63) is 11.4 Å². The van der Waals surface area contributed by atoms with E-state index in [0.29, 0.717) is 12.1 Å². The number of hydrogen-bond acceptors (Lipinski definition) is 4. The largest absolute Gasteiger partial charge is 0.396 e. The van der Waals surface area contributed by atoms with Crippen LogP contribution in [-0.4, -0.2) is 32.5 Å². The van der Waals surface area contributed by atoms with Gasteiger partial charge in [-0.3, -0.25) is 4.79 Å². The van der Waals surface area contributed by atoms with Gasteiger partial charge < -0.3 is 5.11 Å². The number of aromatic nitrogens is 3. The normalized spacial score (nSPS) is 12.2. The molecule has 0 spiro atoms. The second kappa shape index (κ2) is 4.96. The van der Waals surface area contributed by atoms with Crippen molar-refractivity contribution in [3.63, 3.8) is 0 Å². The summed E-state index contributed by atoms with van der Waals surface area (Å²) < 4.78 is 1.70. The van der Waals surface area contributed by atoms with Gasteiger partial charge in [0.05, 0.1) is 5.69 Å². The lowest BCUT2D eigenvalue weighted by Crippen LogP contribution is -2.23. The van der Waals surface area contributed by atoms with Crippen molar-refractivity contribution in [2.45, 2.75) is 47.1 Å². The van der Waals surface area contributed by atoms with E-state index in [0.717, 1.165) is 5.69 Å². The van der Waals surface area contributed by atoms with Gasteiger partial charge in [0.1, 0.15) is 0 Å². The Balaban J connectivity index is 3.21. The number of Topliss-reactive ketones (excluding diaryl/α,β-unsaturated/α-hetero) is 1. The number of hydrogen-bond donors (Lipinski definition) is 1. The Bertz CT molecular complexity index is 402. The lowest BCUT2D eigenvalue weighted by Gasteiger charge is -2.16. The maximum atomic E-state index is 12.2. The minimum Gasteiger partial charge on any atom is -0.396 e. The van der Waals surface area contributed by atoms with Gasteiger partial charge in [-0.2, -0.15) is 0 Å². The molecule has 0 atom stereocenters. The fraction of sp³-hybridized carbons (Fsp3) is 0.750. The minimum atomic E-state index is -0.484. The summed E-state index contributed by atoms with van der Waals surface area (Å²) in [4.78, 5) is 12.2. The van der Waals surface area contributed by atoms with Crippen LogP contribution >= 0.6 is 0 Å².